The summed E-state index contributed by atoms with van der Waals surface area (Å²) in [5, 5.41) is 6.74. The molecule has 0 aromatic carbocycles. The minimum atomic E-state index is -0.0534. The van der Waals surface area contributed by atoms with E-state index in [1.165, 1.54) is 0 Å². The van der Waals surface area contributed by atoms with Gasteiger partial charge in [0.25, 0.3) is 0 Å². The lowest BCUT2D eigenvalue weighted by molar-refractivity contribution is 0.376. The molecule has 1 heterocycles. The van der Waals surface area contributed by atoms with E-state index in [4.69, 9.17) is 0 Å². The van der Waals surface area contributed by atoms with Crippen molar-refractivity contribution in [3.8, 4) is 0 Å². The zero-order valence-electron chi connectivity index (χ0n) is 14.1. The lowest BCUT2D eigenvalue weighted by Crippen LogP contribution is -2.24. The number of aromatic nitrogens is 2. The zero-order chi connectivity index (χ0) is 15.4. The van der Waals surface area contributed by atoms with Crippen molar-refractivity contribution in [2.45, 2.75) is 60.3 Å². The van der Waals surface area contributed by atoms with E-state index in [9.17, 15) is 0 Å². The Bertz CT molecular complexity index is 433. The summed E-state index contributed by atoms with van der Waals surface area (Å²) in [5.41, 5.74) is 0.216. The van der Waals surface area contributed by atoms with Crippen LogP contribution < -0.4 is 10.6 Å². The summed E-state index contributed by atoms with van der Waals surface area (Å²) in [7, 11) is 0. The molecular formula is C16H30N4. The first kappa shape index (κ1) is 16.7. The second-order valence-electron chi connectivity index (χ2n) is 7.11. The van der Waals surface area contributed by atoms with E-state index in [2.05, 4.69) is 69.1 Å². The smallest absolute Gasteiger partial charge is 0.138 e. The van der Waals surface area contributed by atoms with E-state index in [-0.39, 0.29) is 10.8 Å². The largest absolute Gasteiger partial charge is 0.370 e. The van der Waals surface area contributed by atoms with Gasteiger partial charge in [-0.15, -0.1) is 0 Å². The predicted octanol–water partition coefficient (Wildman–Crippen LogP) is 4.05. The van der Waals surface area contributed by atoms with Crippen LogP contribution in [-0.2, 0) is 5.41 Å². The highest BCUT2D eigenvalue weighted by molar-refractivity contribution is 5.48. The van der Waals surface area contributed by atoms with Crippen molar-refractivity contribution < 1.29 is 0 Å². The minimum absolute atomic E-state index is 0.0534. The third-order valence-electron chi connectivity index (χ3n) is 3.46. The highest BCUT2D eigenvalue weighted by atomic mass is 15.1. The van der Waals surface area contributed by atoms with Gasteiger partial charge in [0.15, 0.2) is 0 Å². The molecule has 1 rings (SSSR count). The van der Waals surface area contributed by atoms with E-state index in [0.717, 1.165) is 37.0 Å². The molecule has 0 radical (unpaired) electrons. The van der Waals surface area contributed by atoms with Crippen LogP contribution >= 0.6 is 0 Å². The molecule has 1 aromatic heterocycles. The van der Waals surface area contributed by atoms with Crippen molar-refractivity contribution in [3.63, 3.8) is 0 Å². The van der Waals surface area contributed by atoms with E-state index < -0.39 is 0 Å². The Morgan fingerprint density at radius 2 is 1.50 bits per heavy atom. The molecule has 0 saturated carbocycles. The summed E-state index contributed by atoms with van der Waals surface area (Å²) in [4.78, 5) is 9.26. The molecule has 114 valence electrons. The molecule has 0 amide bonds. The highest BCUT2D eigenvalue weighted by Crippen LogP contribution is 2.24. The summed E-state index contributed by atoms with van der Waals surface area (Å²) < 4.78 is 0. The Kier molecular flexibility index (Phi) is 5.37. The second kappa shape index (κ2) is 6.42. The van der Waals surface area contributed by atoms with Crippen molar-refractivity contribution in [2.75, 3.05) is 23.7 Å². The van der Waals surface area contributed by atoms with Gasteiger partial charge in [-0.3, -0.25) is 0 Å². The molecule has 0 bridgehead atoms. The quantitative estimate of drug-likeness (QED) is 0.824. The fourth-order valence-electron chi connectivity index (χ4n) is 1.60. The maximum Gasteiger partial charge on any atom is 0.138 e. The Labute approximate surface area is 123 Å². The molecule has 0 unspecified atom stereocenters. The van der Waals surface area contributed by atoms with Crippen LogP contribution in [0.1, 0.15) is 60.7 Å². The number of hydrogen-bond donors (Lipinski definition) is 2. The van der Waals surface area contributed by atoms with Crippen LogP contribution in [0.2, 0.25) is 0 Å². The molecule has 0 fully saturated rings. The maximum absolute atomic E-state index is 4.66. The molecule has 2 N–H and O–H groups in total. The van der Waals surface area contributed by atoms with Gasteiger partial charge < -0.3 is 10.6 Å². The van der Waals surface area contributed by atoms with E-state index >= 15 is 0 Å². The van der Waals surface area contributed by atoms with Gasteiger partial charge >= 0.3 is 0 Å². The third-order valence-corrected chi connectivity index (χ3v) is 3.46. The fraction of sp³-hybridized carbons (Fsp3) is 0.750. The number of hydrogen-bond acceptors (Lipinski definition) is 4. The predicted molar refractivity (Wildman–Crippen MR) is 87.5 cm³/mol. The van der Waals surface area contributed by atoms with Crippen molar-refractivity contribution in [3.05, 3.63) is 11.9 Å². The average Bonchev–Trinajstić information content (AvgIpc) is 2.36. The summed E-state index contributed by atoms with van der Waals surface area (Å²) in [6.07, 6.45) is 1.14. The van der Waals surface area contributed by atoms with Crippen molar-refractivity contribution in [1.82, 2.24) is 9.97 Å². The SMILES string of the molecule is CCNc1cc(NCC(C)(C)CC)nc(C(C)(C)C)n1. The van der Waals surface area contributed by atoms with Gasteiger partial charge in [0, 0.05) is 24.6 Å². The highest BCUT2D eigenvalue weighted by Gasteiger charge is 2.20. The summed E-state index contributed by atoms with van der Waals surface area (Å²) in [6.45, 7) is 17.0. The maximum atomic E-state index is 4.66. The summed E-state index contributed by atoms with van der Waals surface area (Å²) >= 11 is 0. The van der Waals surface area contributed by atoms with Gasteiger partial charge in [0.2, 0.25) is 0 Å². The van der Waals surface area contributed by atoms with E-state index in [1.54, 1.807) is 0 Å². The lowest BCUT2D eigenvalue weighted by Gasteiger charge is -2.24. The van der Waals surface area contributed by atoms with Crippen molar-refractivity contribution in [2.24, 2.45) is 5.41 Å². The van der Waals surface area contributed by atoms with Crippen molar-refractivity contribution >= 4 is 11.6 Å². The first-order chi connectivity index (χ1) is 9.18. The van der Waals surface area contributed by atoms with Crippen LogP contribution in [0.5, 0.6) is 0 Å². The molecule has 1 aromatic rings. The van der Waals surface area contributed by atoms with Crippen LogP contribution in [0.25, 0.3) is 0 Å². The molecule has 0 aliphatic heterocycles. The Morgan fingerprint density at radius 3 is 1.95 bits per heavy atom. The van der Waals surface area contributed by atoms with Crippen LogP contribution in [0.4, 0.5) is 11.6 Å². The molecule has 0 aliphatic rings. The second-order valence-corrected chi connectivity index (χ2v) is 7.11. The van der Waals surface area contributed by atoms with Crippen LogP contribution in [0.15, 0.2) is 6.07 Å². The monoisotopic (exact) mass is 278 g/mol. The summed E-state index contributed by atoms with van der Waals surface area (Å²) in [5.74, 6) is 2.67. The van der Waals surface area contributed by atoms with E-state index in [0.29, 0.717) is 0 Å². The van der Waals surface area contributed by atoms with Gasteiger partial charge in [-0.05, 0) is 18.8 Å². The molecule has 4 heteroatoms. The fourth-order valence-corrected chi connectivity index (χ4v) is 1.60. The van der Waals surface area contributed by atoms with Crippen LogP contribution in [0.3, 0.4) is 0 Å². The van der Waals surface area contributed by atoms with Gasteiger partial charge in [-0.25, -0.2) is 9.97 Å². The molecule has 20 heavy (non-hydrogen) atoms. The standard InChI is InChI=1S/C16H30N4/c1-8-16(6,7)11-18-13-10-12(17-9-2)19-14(20-13)15(3,4)5/h10H,8-9,11H2,1-7H3,(H2,17,18,19,20). The lowest BCUT2D eigenvalue weighted by atomic mass is 9.90. The average molecular weight is 278 g/mol. The van der Waals surface area contributed by atoms with E-state index in [1.807, 2.05) is 6.07 Å². The molecule has 0 saturated heterocycles. The van der Waals surface area contributed by atoms with Gasteiger partial charge in [0.05, 0.1) is 0 Å². The minimum Gasteiger partial charge on any atom is -0.370 e. The zero-order valence-corrected chi connectivity index (χ0v) is 14.1. The van der Waals surface area contributed by atoms with Gasteiger partial charge in [-0.1, -0.05) is 41.5 Å². The molecule has 0 atom stereocenters. The number of nitrogens with zero attached hydrogens (tertiary/aromatic N) is 2. The number of rotatable bonds is 6. The first-order valence-electron chi connectivity index (χ1n) is 7.55. The first-order valence-corrected chi connectivity index (χ1v) is 7.55. The Hall–Kier alpha value is -1.32. The van der Waals surface area contributed by atoms with Gasteiger partial charge in [0.1, 0.15) is 17.5 Å². The molecule has 4 nitrogen and oxygen atoms in total. The van der Waals surface area contributed by atoms with Crippen molar-refractivity contribution in [1.29, 1.82) is 0 Å². The Morgan fingerprint density at radius 1 is 0.950 bits per heavy atom. The third kappa shape index (κ3) is 4.99. The molecule has 0 spiro atoms. The van der Waals surface area contributed by atoms with Crippen LogP contribution in [-0.4, -0.2) is 23.1 Å². The normalized spacial score (nSPS) is 12.3. The number of nitrogens with one attached hydrogen (secondary N) is 2. The molecule has 0 aliphatic carbocycles. The molecular weight excluding hydrogens is 248 g/mol. The topological polar surface area (TPSA) is 49.8 Å². The van der Waals surface area contributed by atoms with Gasteiger partial charge in [-0.2, -0.15) is 0 Å². The summed E-state index contributed by atoms with van der Waals surface area (Å²) in [6, 6.07) is 1.99. The Balaban J connectivity index is 2.97. The number of anilines is 2. The van der Waals surface area contributed by atoms with Crippen LogP contribution in [0, 0.1) is 5.41 Å².